The van der Waals surface area contributed by atoms with Crippen molar-refractivity contribution < 1.29 is 13.9 Å². The van der Waals surface area contributed by atoms with Crippen LogP contribution in [0.15, 0.2) is 48.5 Å². The number of hydrogen-bond donors (Lipinski definition) is 1. The molecule has 1 unspecified atom stereocenters. The van der Waals surface area contributed by atoms with Gasteiger partial charge in [0, 0.05) is 13.1 Å². The van der Waals surface area contributed by atoms with Crippen molar-refractivity contribution >= 4 is 17.3 Å². The van der Waals surface area contributed by atoms with E-state index in [4.69, 9.17) is 4.74 Å². The van der Waals surface area contributed by atoms with E-state index in [1.807, 2.05) is 24.3 Å². The first-order valence-electron chi connectivity index (χ1n) is 8.70. The lowest BCUT2D eigenvalue weighted by Gasteiger charge is -2.30. The Kier molecular flexibility index (Phi) is 5.53. The summed E-state index contributed by atoms with van der Waals surface area (Å²) in [6, 6.07) is 13.5. The fraction of sp³-hybridized carbons (Fsp3) is 0.350. The summed E-state index contributed by atoms with van der Waals surface area (Å²) in [5, 5.41) is 2.96. The average molecular weight is 342 g/mol. The predicted octanol–water partition coefficient (Wildman–Crippen LogP) is 4.22. The van der Waals surface area contributed by atoms with E-state index in [2.05, 4.69) is 10.2 Å². The summed E-state index contributed by atoms with van der Waals surface area (Å²) >= 11 is 0. The standard InChI is InChI=1S/C20H23FN2O2/c1-15(25-17-11-9-16(21)10-12-17)20(24)22-18-7-3-4-8-19(18)23-13-5-2-6-14-23/h3-4,7-12,15H,2,5-6,13-14H2,1H3,(H,22,24). The van der Waals surface area contributed by atoms with Gasteiger partial charge in [-0.15, -0.1) is 0 Å². The number of carbonyl (C=O) groups excluding carboxylic acids is 1. The maximum absolute atomic E-state index is 13.0. The van der Waals surface area contributed by atoms with Gasteiger partial charge in [0.2, 0.25) is 0 Å². The monoisotopic (exact) mass is 342 g/mol. The summed E-state index contributed by atoms with van der Waals surface area (Å²) in [5.74, 6) is -0.0953. The van der Waals surface area contributed by atoms with Crippen LogP contribution >= 0.6 is 0 Å². The Hall–Kier alpha value is -2.56. The summed E-state index contributed by atoms with van der Waals surface area (Å²) in [4.78, 5) is 14.8. The molecule has 0 bridgehead atoms. The van der Waals surface area contributed by atoms with Crippen LogP contribution in [-0.4, -0.2) is 25.1 Å². The summed E-state index contributed by atoms with van der Waals surface area (Å²) in [7, 11) is 0. The van der Waals surface area contributed by atoms with Gasteiger partial charge in [-0.25, -0.2) is 4.39 Å². The van der Waals surface area contributed by atoms with Gasteiger partial charge in [-0.1, -0.05) is 12.1 Å². The minimum absolute atomic E-state index is 0.228. The number of halogens is 1. The first kappa shape index (κ1) is 17.3. The van der Waals surface area contributed by atoms with Crippen molar-refractivity contribution in [3.63, 3.8) is 0 Å². The number of ether oxygens (including phenoxy) is 1. The number of rotatable bonds is 5. The second-order valence-electron chi connectivity index (χ2n) is 6.27. The Morgan fingerprint density at radius 1 is 1.08 bits per heavy atom. The molecule has 3 rings (SSSR count). The number of amides is 1. The van der Waals surface area contributed by atoms with Gasteiger partial charge in [0.15, 0.2) is 6.10 Å². The highest BCUT2D eigenvalue weighted by Gasteiger charge is 2.19. The predicted molar refractivity (Wildman–Crippen MR) is 97.6 cm³/mol. The molecule has 1 amide bonds. The van der Waals surface area contributed by atoms with Crippen LogP contribution in [0.5, 0.6) is 5.75 Å². The normalized spacial score (nSPS) is 15.5. The highest BCUT2D eigenvalue weighted by Crippen LogP contribution is 2.28. The number of piperidine rings is 1. The Morgan fingerprint density at radius 3 is 2.48 bits per heavy atom. The van der Waals surface area contributed by atoms with Crippen LogP contribution in [0.3, 0.4) is 0 Å². The van der Waals surface area contributed by atoms with E-state index in [1.165, 1.54) is 43.5 Å². The number of anilines is 2. The number of nitrogens with zero attached hydrogens (tertiary/aromatic N) is 1. The zero-order valence-corrected chi connectivity index (χ0v) is 14.4. The molecule has 4 nitrogen and oxygen atoms in total. The molecule has 1 N–H and O–H groups in total. The fourth-order valence-corrected chi connectivity index (χ4v) is 3.00. The summed E-state index contributed by atoms with van der Waals surface area (Å²) in [6.07, 6.45) is 2.92. The molecule has 0 saturated carbocycles. The van der Waals surface area contributed by atoms with Crippen molar-refractivity contribution in [1.29, 1.82) is 0 Å². The second kappa shape index (κ2) is 8.01. The molecular weight excluding hydrogens is 319 g/mol. The van der Waals surface area contributed by atoms with Gasteiger partial charge in [0.05, 0.1) is 11.4 Å². The largest absolute Gasteiger partial charge is 0.481 e. The molecule has 0 radical (unpaired) electrons. The van der Waals surface area contributed by atoms with Gasteiger partial charge in [0.25, 0.3) is 5.91 Å². The van der Waals surface area contributed by atoms with Crippen LogP contribution in [0, 0.1) is 5.82 Å². The van der Waals surface area contributed by atoms with Crippen LogP contribution in [-0.2, 0) is 4.79 Å². The van der Waals surface area contributed by atoms with Gasteiger partial charge < -0.3 is 15.0 Å². The van der Waals surface area contributed by atoms with Gasteiger partial charge in [-0.2, -0.15) is 0 Å². The zero-order chi connectivity index (χ0) is 17.6. The quantitative estimate of drug-likeness (QED) is 0.884. The van der Waals surface area contributed by atoms with Gasteiger partial charge in [-0.3, -0.25) is 4.79 Å². The minimum atomic E-state index is -0.681. The van der Waals surface area contributed by atoms with Gasteiger partial charge in [0.1, 0.15) is 11.6 Å². The number of para-hydroxylation sites is 2. The molecule has 1 heterocycles. The smallest absolute Gasteiger partial charge is 0.265 e. The molecule has 25 heavy (non-hydrogen) atoms. The first-order valence-corrected chi connectivity index (χ1v) is 8.70. The topological polar surface area (TPSA) is 41.6 Å². The van der Waals surface area contributed by atoms with E-state index >= 15 is 0 Å². The van der Waals surface area contributed by atoms with E-state index in [0.717, 1.165) is 24.5 Å². The van der Waals surface area contributed by atoms with E-state index in [1.54, 1.807) is 6.92 Å². The van der Waals surface area contributed by atoms with Crippen LogP contribution in [0.25, 0.3) is 0 Å². The molecule has 0 aliphatic carbocycles. The summed E-state index contributed by atoms with van der Waals surface area (Å²) < 4.78 is 18.5. The van der Waals surface area contributed by atoms with E-state index in [-0.39, 0.29) is 11.7 Å². The molecule has 2 aromatic carbocycles. The van der Waals surface area contributed by atoms with Crippen molar-refractivity contribution in [2.75, 3.05) is 23.3 Å². The Labute approximate surface area is 147 Å². The van der Waals surface area contributed by atoms with Crippen molar-refractivity contribution in [2.24, 2.45) is 0 Å². The molecule has 0 aromatic heterocycles. The van der Waals surface area contributed by atoms with Gasteiger partial charge in [-0.05, 0) is 62.6 Å². The molecule has 5 heteroatoms. The van der Waals surface area contributed by atoms with Crippen molar-refractivity contribution in [3.05, 3.63) is 54.3 Å². The van der Waals surface area contributed by atoms with Gasteiger partial charge >= 0.3 is 0 Å². The third-order valence-corrected chi connectivity index (χ3v) is 4.35. The molecule has 1 fully saturated rings. The van der Waals surface area contributed by atoms with E-state index in [0.29, 0.717) is 5.75 Å². The number of nitrogens with one attached hydrogen (secondary N) is 1. The van der Waals surface area contributed by atoms with Crippen molar-refractivity contribution in [1.82, 2.24) is 0 Å². The lowest BCUT2D eigenvalue weighted by atomic mass is 10.1. The van der Waals surface area contributed by atoms with Crippen LogP contribution in [0.1, 0.15) is 26.2 Å². The maximum atomic E-state index is 13.0. The first-order chi connectivity index (χ1) is 12.1. The molecule has 2 aromatic rings. The maximum Gasteiger partial charge on any atom is 0.265 e. The zero-order valence-electron chi connectivity index (χ0n) is 14.4. The molecule has 1 saturated heterocycles. The van der Waals surface area contributed by atoms with E-state index in [9.17, 15) is 9.18 Å². The second-order valence-corrected chi connectivity index (χ2v) is 6.27. The highest BCUT2D eigenvalue weighted by atomic mass is 19.1. The van der Waals surface area contributed by atoms with Crippen LogP contribution in [0.2, 0.25) is 0 Å². The van der Waals surface area contributed by atoms with Crippen LogP contribution < -0.4 is 15.0 Å². The lowest BCUT2D eigenvalue weighted by molar-refractivity contribution is -0.122. The third kappa shape index (κ3) is 4.50. The summed E-state index contributed by atoms with van der Waals surface area (Å²) in [6.45, 7) is 3.70. The fourth-order valence-electron chi connectivity index (χ4n) is 3.00. The molecule has 0 spiro atoms. The molecule has 1 aliphatic rings. The van der Waals surface area contributed by atoms with Crippen molar-refractivity contribution in [2.45, 2.75) is 32.3 Å². The molecule has 1 aliphatic heterocycles. The number of hydrogen-bond acceptors (Lipinski definition) is 3. The summed E-state index contributed by atoms with van der Waals surface area (Å²) in [5.41, 5.74) is 1.84. The highest BCUT2D eigenvalue weighted by molar-refractivity contribution is 5.97. The minimum Gasteiger partial charge on any atom is -0.481 e. The number of carbonyl (C=O) groups is 1. The number of benzene rings is 2. The van der Waals surface area contributed by atoms with Crippen molar-refractivity contribution in [3.8, 4) is 5.75 Å². The lowest BCUT2D eigenvalue weighted by Crippen LogP contribution is -2.33. The third-order valence-electron chi connectivity index (χ3n) is 4.35. The Bertz CT molecular complexity index is 712. The molecule has 1 atom stereocenters. The van der Waals surface area contributed by atoms with E-state index < -0.39 is 6.10 Å². The Morgan fingerprint density at radius 2 is 1.76 bits per heavy atom. The molecule has 132 valence electrons. The Balaban J connectivity index is 1.66. The van der Waals surface area contributed by atoms with Crippen LogP contribution in [0.4, 0.5) is 15.8 Å². The molecular formula is C20H23FN2O2. The average Bonchev–Trinajstić information content (AvgIpc) is 2.64. The SMILES string of the molecule is CC(Oc1ccc(F)cc1)C(=O)Nc1ccccc1N1CCCCC1.